The van der Waals surface area contributed by atoms with Crippen molar-refractivity contribution in [3.05, 3.63) is 22.6 Å². The quantitative estimate of drug-likeness (QED) is 0.918. The molecule has 0 bridgehead atoms. The molecule has 0 aromatic carbocycles. The van der Waals surface area contributed by atoms with Gasteiger partial charge in [-0.3, -0.25) is 0 Å². The summed E-state index contributed by atoms with van der Waals surface area (Å²) < 4.78 is 6.76. The predicted molar refractivity (Wildman–Crippen MR) is 81.4 cm³/mol. The zero-order valence-corrected chi connectivity index (χ0v) is 13.6. The van der Waals surface area contributed by atoms with E-state index in [1.54, 1.807) is 6.26 Å². The summed E-state index contributed by atoms with van der Waals surface area (Å²) in [7, 11) is 4.41. The van der Waals surface area contributed by atoms with E-state index in [0.29, 0.717) is 6.04 Å². The van der Waals surface area contributed by atoms with Crippen LogP contribution in [0.15, 0.2) is 21.2 Å². The first-order valence-electron chi connectivity index (χ1n) is 6.98. The van der Waals surface area contributed by atoms with Crippen molar-refractivity contribution in [2.75, 3.05) is 40.3 Å². The molecular weight excluding hydrogens is 306 g/mol. The largest absolute Gasteiger partial charge is 0.466 e. The van der Waals surface area contributed by atoms with Gasteiger partial charge in [0.05, 0.1) is 16.8 Å². The number of hydrogen-bond acceptors (Lipinski definition) is 4. The van der Waals surface area contributed by atoms with Crippen LogP contribution in [0, 0.1) is 0 Å². The van der Waals surface area contributed by atoms with Crippen LogP contribution in [-0.2, 0) is 0 Å². The molecule has 0 amide bonds. The second kappa shape index (κ2) is 6.88. The van der Waals surface area contributed by atoms with E-state index in [2.05, 4.69) is 52.1 Å². The third-order valence-corrected chi connectivity index (χ3v) is 4.51. The average molecular weight is 330 g/mol. The van der Waals surface area contributed by atoms with Crippen LogP contribution >= 0.6 is 15.9 Å². The highest BCUT2D eigenvalue weighted by molar-refractivity contribution is 9.10. The maximum atomic E-state index is 5.70. The Morgan fingerprint density at radius 1 is 1.47 bits per heavy atom. The minimum absolute atomic E-state index is 0.222. The second-order valence-corrected chi connectivity index (χ2v) is 6.19. The Balaban J connectivity index is 2.23. The first-order valence-corrected chi connectivity index (χ1v) is 7.77. The van der Waals surface area contributed by atoms with Crippen LogP contribution in [0.3, 0.4) is 0 Å². The molecule has 4 nitrogen and oxygen atoms in total. The molecule has 2 atom stereocenters. The Morgan fingerprint density at radius 3 is 2.89 bits per heavy atom. The molecule has 0 radical (unpaired) electrons. The molecule has 2 unspecified atom stereocenters. The van der Waals surface area contributed by atoms with E-state index < -0.39 is 0 Å². The minimum atomic E-state index is 0.222. The highest BCUT2D eigenvalue weighted by Gasteiger charge is 2.32. The van der Waals surface area contributed by atoms with Gasteiger partial charge in [-0.05, 0) is 62.1 Å². The summed E-state index contributed by atoms with van der Waals surface area (Å²) in [4.78, 5) is 4.86. The van der Waals surface area contributed by atoms with Gasteiger partial charge in [-0.1, -0.05) is 6.92 Å². The normalized spacial score (nSPS) is 24.3. The Kier molecular flexibility index (Phi) is 5.45. The summed E-state index contributed by atoms with van der Waals surface area (Å²) in [5, 5.41) is 3.58. The fourth-order valence-corrected chi connectivity index (χ4v) is 3.26. The van der Waals surface area contributed by atoms with Gasteiger partial charge in [-0.15, -0.1) is 0 Å². The summed E-state index contributed by atoms with van der Waals surface area (Å²) in [6, 6.07) is 2.62. The number of halogens is 1. The third-order valence-electron chi connectivity index (χ3n) is 3.85. The topological polar surface area (TPSA) is 31.7 Å². The molecule has 1 aliphatic rings. The highest BCUT2D eigenvalue weighted by Crippen LogP contribution is 2.29. The number of nitrogens with zero attached hydrogens (tertiary/aromatic N) is 2. The Bertz CT molecular complexity index is 396. The van der Waals surface area contributed by atoms with Crippen molar-refractivity contribution < 1.29 is 4.42 Å². The molecule has 2 rings (SSSR count). The molecule has 0 saturated carbocycles. The number of likely N-dealkylation sites (N-methyl/N-ethyl adjacent to an activating group) is 3. The Morgan fingerprint density at radius 2 is 2.26 bits per heavy atom. The summed E-state index contributed by atoms with van der Waals surface area (Å²) >= 11 is 3.59. The first-order chi connectivity index (χ1) is 9.13. The number of rotatable bonds is 4. The Hall–Kier alpha value is -0.360. The fraction of sp³-hybridized carbons (Fsp3) is 0.714. The van der Waals surface area contributed by atoms with E-state index in [1.807, 2.05) is 6.07 Å². The lowest BCUT2D eigenvalue weighted by Gasteiger charge is -2.34. The molecule has 5 heteroatoms. The van der Waals surface area contributed by atoms with Gasteiger partial charge >= 0.3 is 0 Å². The molecule has 19 heavy (non-hydrogen) atoms. The van der Waals surface area contributed by atoms with Gasteiger partial charge < -0.3 is 19.5 Å². The summed E-state index contributed by atoms with van der Waals surface area (Å²) in [5.74, 6) is 1.01. The second-order valence-electron chi connectivity index (χ2n) is 5.33. The average Bonchev–Trinajstić information content (AvgIpc) is 2.71. The summed E-state index contributed by atoms with van der Waals surface area (Å²) in [5.41, 5.74) is 0. The van der Waals surface area contributed by atoms with Gasteiger partial charge in [0.15, 0.2) is 0 Å². The van der Waals surface area contributed by atoms with Crippen molar-refractivity contribution in [2.45, 2.75) is 25.4 Å². The lowest BCUT2D eigenvalue weighted by molar-refractivity contribution is 0.166. The van der Waals surface area contributed by atoms with Gasteiger partial charge in [0.1, 0.15) is 5.76 Å². The molecule has 108 valence electrons. The van der Waals surface area contributed by atoms with Crippen LogP contribution in [0.25, 0.3) is 0 Å². The molecule has 1 saturated heterocycles. The first kappa shape index (κ1) is 15.0. The predicted octanol–water partition coefficient (Wildman–Crippen LogP) is 2.33. The molecule has 0 aliphatic carbocycles. The molecule has 1 N–H and O–H groups in total. The van der Waals surface area contributed by atoms with Crippen LogP contribution in [0.1, 0.15) is 25.1 Å². The van der Waals surface area contributed by atoms with Crippen molar-refractivity contribution in [2.24, 2.45) is 0 Å². The monoisotopic (exact) mass is 329 g/mol. The Labute approximate surface area is 124 Å². The molecule has 2 heterocycles. The molecule has 1 aromatic rings. The van der Waals surface area contributed by atoms with Crippen LogP contribution in [0.4, 0.5) is 0 Å². The molecule has 1 fully saturated rings. The molecule has 0 spiro atoms. The molecule has 1 aromatic heterocycles. The van der Waals surface area contributed by atoms with E-state index in [0.717, 1.165) is 29.9 Å². The van der Waals surface area contributed by atoms with Crippen LogP contribution in [0.5, 0.6) is 0 Å². The zero-order valence-electron chi connectivity index (χ0n) is 12.0. The molecule has 1 aliphatic heterocycles. The SMILES string of the molecule is CCNC(c1occc1Br)C1CN(C)CCCN1C. The van der Waals surface area contributed by atoms with Gasteiger partial charge in [0.2, 0.25) is 0 Å². The van der Waals surface area contributed by atoms with Gasteiger partial charge in [0, 0.05) is 12.6 Å². The van der Waals surface area contributed by atoms with Crippen molar-refractivity contribution in [3.63, 3.8) is 0 Å². The number of hydrogen-bond donors (Lipinski definition) is 1. The smallest absolute Gasteiger partial charge is 0.136 e. The summed E-state index contributed by atoms with van der Waals surface area (Å²) in [6.07, 6.45) is 2.98. The van der Waals surface area contributed by atoms with Crippen LogP contribution in [-0.4, -0.2) is 56.1 Å². The minimum Gasteiger partial charge on any atom is -0.466 e. The van der Waals surface area contributed by atoms with Crippen LogP contribution < -0.4 is 5.32 Å². The van der Waals surface area contributed by atoms with E-state index >= 15 is 0 Å². The van der Waals surface area contributed by atoms with Gasteiger partial charge in [0.25, 0.3) is 0 Å². The zero-order chi connectivity index (χ0) is 13.8. The summed E-state index contributed by atoms with van der Waals surface area (Å²) in [6.45, 7) is 6.44. The standard InChI is InChI=1S/C14H24BrN3O/c1-4-16-13(14-11(15)6-9-19-14)12-10-17(2)7-5-8-18(12)3/h6,9,12-13,16H,4-5,7-8,10H2,1-3H3. The van der Waals surface area contributed by atoms with Crippen LogP contribution in [0.2, 0.25) is 0 Å². The lowest BCUT2D eigenvalue weighted by Crippen LogP contribution is -2.47. The molecular formula is C14H24BrN3O. The van der Waals surface area contributed by atoms with E-state index in [4.69, 9.17) is 4.42 Å². The van der Waals surface area contributed by atoms with Crippen molar-refractivity contribution in [1.29, 1.82) is 0 Å². The van der Waals surface area contributed by atoms with E-state index in [-0.39, 0.29) is 6.04 Å². The number of furan rings is 1. The highest BCUT2D eigenvalue weighted by atomic mass is 79.9. The maximum absolute atomic E-state index is 5.70. The van der Waals surface area contributed by atoms with Crippen molar-refractivity contribution >= 4 is 15.9 Å². The maximum Gasteiger partial charge on any atom is 0.136 e. The number of nitrogens with one attached hydrogen (secondary N) is 1. The lowest BCUT2D eigenvalue weighted by atomic mass is 10.0. The third kappa shape index (κ3) is 3.60. The fourth-order valence-electron chi connectivity index (χ4n) is 2.82. The van der Waals surface area contributed by atoms with E-state index in [1.165, 1.54) is 13.0 Å². The van der Waals surface area contributed by atoms with Gasteiger partial charge in [-0.2, -0.15) is 0 Å². The van der Waals surface area contributed by atoms with E-state index in [9.17, 15) is 0 Å². The van der Waals surface area contributed by atoms with Crippen molar-refractivity contribution in [1.82, 2.24) is 15.1 Å². The van der Waals surface area contributed by atoms with Crippen molar-refractivity contribution in [3.8, 4) is 0 Å². The van der Waals surface area contributed by atoms with Gasteiger partial charge in [-0.25, -0.2) is 0 Å².